The minimum atomic E-state index is 0.0687. The number of rotatable bonds is 4. The first kappa shape index (κ1) is 15.9. The molecule has 112 valence electrons. The van der Waals surface area contributed by atoms with E-state index in [9.17, 15) is 0 Å². The minimum absolute atomic E-state index is 0.0687. The second-order valence-electron chi connectivity index (χ2n) is 7.10. The van der Waals surface area contributed by atoms with Crippen LogP contribution in [0.15, 0.2) is 12.1 Å². The molecule has 0 aliphatic heterocycles. The maximum Gasteiger partial charge on any atom is 0.0456 e. The average molecular weight is 294 g/mol. The zero-order valence-electron chi connectivity index (χ0n) is 13.3. The summed E-state index contributed by atoms with van der Waals surface area (Å²) in [6.45, 7) is 8.85. The fraction of sp³-hybridized carbons (Fsp3) is 0.667. The summed E-state index contributed by atoms with van der Waals surface area (Å²) in [7, 11) is 0. The third kappa shape index (κ3) is 3.04. The summed E-state index contributed by atoms with van der Waals surface area (Å²) in [4.78, 5) is 0. The van der Waals surface area contributed by atoms with Crippen molar-refractivity contribution >= 4 is 11.6 Å². The van der Waals surface area contributed by atoms with Crippen molar-refractivity contribution in [1.82, 2.24) is 0 Å². The average Bonchev–Trinajstić information content (AvgIpc) is 2.81. The number of nitrogens with two attached hydrogens (primary N) is 1. The first-order chi connectivity index (χ1) is 9.35. The van der Waals surface area contributed by atoms with Gasteiger partial charge in [-0.05, 0) is 67.2 Å². The van der Waals surface area contributed by atoms with Gasteiger partial charge in [0.05, 0.1) is 0 Å². The van der Waals surface area contributed by atoms with Crippen molar-refractivity contribution in [1.29, 1.82) is 0 Å². The van der Waals surface area contributed by atoms with Crippen LogP contribution < -0.4 is 5.73 Å². The summed E-state index contributed by atoms with van der Waals surface area (Å²) in [5, 5.41) is 0.843. The van der Waals surface area contributed by atoms with Crippen LogP contribution in [0.5, 0.6) is 0 Å². The second-order valence-corrected chi connectivity index (χ2v) is 7.51. The van der Waals surface area contributed by atoms with E-state index in [1.165, 1.54) is 43.2 Å². The fourth-order valence-electron chi connectivity index (χ4n) is 3.91. The highest BCUT2D eigenvalue weighted by Crippen LogP contribution is 2.51. The van der Waals surface area contributed by atoms with Crippen molar-refractivity contribution in [3.8, 4) is 0 Å². The van der Waals surface area contributed by atoms with Crippen LogP contribution in [0.1, 0.15) is 68.7 Å². The zero-order valence-corrected chi connectivity index (χ0v) is 14.1. The molecule has 1 aromatic carbocycles. The van der Waals surface area contributed by atoms with Gasteiger partial charge < -0.3 is 5.73 Å². The standard InChI is InChI=1S/C18H28ClN/c1-12(2)11-18(7-5-6-8-18)17(20)15-9-13(3)14(4)10-16(15)19/h9-10,12,17H,5-8,11,20H2,1-4H3. The van der Waals surface area contributed by atoms with Gasteiger partial charge in [0.25, 0.3) is 0 Å². The molecule has 1 aliphatic carbocycles. The maximum atomic E-state index is 6.72. The quantitative estimate of drug-likeness (QED) is 0.772. The molecule has 0 aromatic heterocycles. The molecular formula is C18H28ClN. The molecule has 1 aromatic rings. The van der Waals surface area contributed by atoms with Gasteiger partial charge in [-0.15, -0.1) is 0 Å². The Kier molecular flexibility index (Phi) is 4.81. The molecule has 1 aliphatic rings. The van der Waals surface area contributed by atoms with E-state index < -0.39 is 0 Å². The molecule has 1 atom stereocenters. The summed E-state index contributed by atoms with van der Waals surface area (Å²) in [6, 6.07) is 4.35. The van der Waals surface area contributed by atoms with Gasteiger partial charge >= 0.3 is 0 Å². The van der Waals surface area contributed by atoms with E-state index in [4.69, 9.17) is 17.3 Å². The molecule has 1 unspecified atom stereocenters. The summed E-state index contributed by atoms with van der Waals surface area (Å²) in [5.74, 6) is 0.685. The third-order valence-corrected chi connectivity index (χ3v) is 5.35. The summed E-state index contributed by atoms with van der Waals surface area (Å²) >= 11 is 6.49. The van der Waals surface area contributed by atoms with Gasteiger partial charge in [-0.2, -0.15) is 0 Å². The first-order valence-electron chi connectivity index (χ1n) is 7.88. The van der Waals surface area contributed by atoms with E-state index in [0.29, 0.717) is 5.92 Å². The Morgan fingerprint density at radius 1 is 1.15 bits per heavy atom. The molecular weight excluding hydrogens is 266 g/mol. The lowest BCUT2D eigenvalue weighted by Crippen LogP contribution is -2.34. The van der Waals surface area contributed by atoms with E-state index in [2.05, 4.69) is 39.8 Å². The Hall–Kier alpha value is -0.530. The van der Waals surface area contributed by atoms with Crippen LogP contribution in [0.25, 0.3) is 0 Å². The maximum absolute atomic E-state index is 6.72. The van der Waals surface area contributed by atoms with E-state index >= 15 is 0 Å². The molecule has 2 heteroatoms. The lowest BCUT2D eigenvalue weighted by atomic mass is 9.70. The Morgan fingerprint density at radius 3 is 2.25 bits per heavy atom. The fourth-order valence-corrected chi connectivity index (χ4v) is 4.24. The van der Waals surface area contributed by atoms with Crippen molar-refractivity contribution in [2.75, 3.05) is 0 Å². The molecule has 0 heterocycles. The summed E-state index contributed by atoms with van der Waals surface area (Å²) in [5.41, 5.74) is 10.7. The molecule has 0 bridgehead atoms. The van der Waals surface area contributed by atoms with Crippen molar-refractivity contribution in [3.63, 3.8) is 0 Å². The van der Waals surface area contributed by atoms with Gasteiger partial charge in [-0.3, -0.25) is 0 Å². The largest absolute Gasteiger partial charge is 0.323 e. The Bertz CT molecular complexity index is 473. The lowest BCUT2D eigenvalue weighted by Gasteiger charge is -2.38. The number of benzene rings is 1. The predicted molar refractivity (Wildman–Crippen MR) is 88.2 cm³/mol. The molecule has 1 fully saturated rings. The Balaban J connectivity index is 2.37. The van der Waals surface area contributed by atoms with Gasteiger partial charge in [0.2, 0.25) is 0 Å². The minimum Gasteiger partial charge on any atom is -0.323 e. The van der Waals surface area contributed by atoms with E-state index in [1.807, 2.05) is 0 Å². The second kappa shape index (κ2) is 6.07. The molecule has 1 saturated carbocycles. The molecule has 1 nitrogen and oxygen atoms in total. The summed E-state index contributed by atoms with van der Waals surface area (Å²) < 4.78 is 0. The first-order valence-corrected chi connectivity index (χ1v) is 8.26. The van der Waals surface area contributed by atoms with E-state index in [-0.39, 0.29) is 11.5 Å². The molecule has 0 radical (unpaired) electrons. The highest BCUT2D eigenvalue weighted by atomic mass is 35.5. The SMILES string of the molecule is Cc1cc(Cl)c(C(N)C2(CC(C)C)CCCC2)cc1C. The molecule has 2 N–H and O–H groups in total. The highest BCUT2D eigenvalue weighted by Gasteiger charge is 2.41. The van der Waals surface area contributed by atoms with Crippen LogP contribution in [0.3, 0.4) is 0 Å². The van der Waals surface area contributed by atoms with Gasteiger partial charge in [0.1, 0.15) is 0 Å². The van der Waals surface area contributed by atoms with Crippen LogP contribution in [-0.2, 0) is 0 Å². The third-order valence-electron chi connectivity index (χ3n) is 5.02. The van der Waals surface area contributed by atoms with Crippen LogP contribution in [0.4, 0.5) is 0 Å². The monoisotopic (exact) mass is 293 g/mol. The smallest absolute Gasteiger partial charge is 0.0456 e. The van der Waals surface area contributed by atoms with Crippen LogP contribution in [-0.4, -0.2) is 0 Å². The Morgan fingerprint density at radius 2 is 1.70 bits per heavy atom. The van der Waals surface area contributed by atoms with Crippen molar-refractivity contribution in [2.24, 2.45) is 17.1 Å². The van der Waals surface area contributed by atoms with Gasteiger partial charge in [0, 0.05) is 11.1 Å². The topological polar surface area (TPSA) is 26.0 Å². The predicted octanol–water partition coefficient (Wildman–Crippen LogP) is 5.56. The molecule has 20 heavy (non-hydrogen) atoms. The van der Waals surface area contributed by atoms with E-state index in [1.54, 1.807) is 0 Å². The van der Waals surface area contributed by atoms with Crippen molar-refractivity contribution < 1.29 is 0 Å². The number of hydrogen-bond donors (Lipinski definition) is 1. The summed E-state index contributed by atoms with van der Waals surface area (Å²) in [6.07, 6.45) is 6.31. The molecule has 0 amide bonds. The number of aryl methyl sites for hydroxylation is 2. The Labute approximate surface area is 128 Å². The van der Waals surface area contributed by atoms with Crippen LogP contribution in [0.2, 0.25) is 5.02 Å². The number of halogens is 1. The van der Waals surface area contributed by atoms with Crippen LogP contribution >= 0.6 is 11.6 Å². The number of hydrogen-bond acceptors (Lipinski definition) is 1. The van der Waals surface area contributed by atoms with Gasteiger partial charge in [-0.1, -0.05) is 44.4 Å². The normalized spacial score (nSPS) is 19.6. The highest BCUT2D eigenvalue weighted by molar-refractivity contribution is 6.31. The van der Waals surface area contributed by atoms with Gasteiger partial charge in [-0.25, -0.2) is 0 Å². The van der Waals surface area contributed by atoms with Crippen molar-refractivity contribution in [2.45, 2.75) is 65.8 Å². The van der Waals surface area contributed by atoms with Crippen molar-refractivity contribution in [3.05, 3.63) is 33.8 Å². The zero-order chi connectivity index (χ0) is 14.9. The molecule has 2 rings (SSSR count). The van der Waals surface area contributed by atoms with Gasteiger partial charge in [0.15, 0.2) is 0 Å². The van der Waals surface area contributed by atoms with E-state index in [0.717, 1.165) is 10.6 Å². The van der Waals surface area contributed by atoms with Crippen LogP contribution in [0, 0.1) is 25.2 Å². The lowest BCUT2D eigenvalue weighted by molar-refractivity contribution is 0.183. The molecule has 0 saturated heterocycles. The molecule has 0 spiro atoms.